The minimum Gasteiger partial charge on any atom is -0.381 e. The lowest BCUT2D eigenvalue weighted by atomic mass is 10.0. The molecule has 0 N–H and O–H groups in total. The number of nitrogens with zero attached hydrogens (tertiary/aromatic N) is 2. The average Bonchev–Trinajstić information content (AvgIpc) is 2.69. The monoisotopic (exact) mass is 420 g/mol. The van der Waals surface area contributed by atoms with Crippen molar-refractivity contribution in [2.24, 2.45) is 5.92 Å². The van der Waals surface area contributed by atoms with Crippen LogP contribution in [0.4, 0.5) is 16.2 Å². The molecule has 28 heavy (non-hydrogen) atoms. The van der Waals surface area contributed by atoms with Crippen LogP contribution >= 0.6 is 11.6 Å². The third kappa shape index (κ3) is 3.27. The van der Waals surface area contributed by atoms with Gasteiger partial charge in [0, 0.05) is 24.1 Å². The van der Waals surface area contributed by atoms with Crippen LogP contribution in [0.1, 0.15) is 18.4 Å². The van der Waals surface area contributed by atoms with Crippen molar-refractivity contribution in [1.82, 2.24) is 0 Å². The summed E-state index contributed by atoms with van der Waals surface area (Å²) in [5, 5.41) is 0.370. The molecule has 0 bridgehead atoms. The number of fused-ring (bicyclic) bond motifs is 1. The van der Waals surface area contributed by atoms with Gasteiger partial charge in [-0.3, -0.25) is 4.90 Å². The highest BCUT2D eigenvalue weighted by molar-refractivity contribution is 7.94. The highest BCUT2D eigenvalue weighted by Gasteiger charge is 2.43. The smallest absolute Gasteiger partial charge is 0.343 e. The Labute approximate surface area is 169 Å². The second kappa shape index (κ2) is 7.39. The molecule has 0 saturated carbocycles. The fraction of sp³-hybridized carbons (Fsp3) is 0.350. The number of para-hydroxylation sites is 1. The SMILES string of the molecule is Cc1ccc(Cl)cc1N1C(=O)N(CC2CCCOC2)c2ccccc2S1(=O)=O. The summed E-state index contributed by atoms with van der Waals surface area (Å²) in [5.74, 6) is 0.161. The molecule has 2 amide bonds. The second-order valence-corrected chi connectivity index (χ2v) is 9.34. The summed E-state index contributed by atoms with van der Waals surface area (Å²) in [6, 6.07) is 10.9. The molecule has 6 nitrogen and oxygen atoms in total. The van der Waals surface area contributed by atoms with Crippen molar-refractivity contribution in [2.45, 2.75) is 24.7 Å². The zero-order valence-electron chi connectivity index (χ0n) is 15.5. The number of hydrogen-bond donors (Lipinski definition) is 0. The number of urea groups is 1. The predicted octanol–water partition coefficient (Wildman–Crippen LogP) is 4.21. The second-order valence-electron chi connectivity index (χ2n) is 7.14. The van der Waals surface area contributed by atoms with E-state index in [4.69, 9.17) is 16.3 Å². The fourth-order valence-electron chi connectivity index (χ4n) is 3.73. The number of aryl methyl sites for hydroxylation is 1. The van der Waals surface area contributed by atoms with Gasteiger partial charge in [-0.25, -0.2) is 13.2 Å². The number of halogens is 1. The molecule has 2 heterocycles. The lowest BCUT2D eigenvalue weighted by molar-refractivity contribution is 0.0578. The third-order valence-corrected chi connectivity index (χ3v) is 7.13. The fourth-order valence-corrected chi connectivity index (χ4v) is 5.55. The Hall–Kier alpha value is -2.09. The van der Waals surface area contributed by atoms with Crippen LogP contribution in [0.3, 0.4) is 0 Å². The quantitative estimate of drug-likeness (QED) is 0.745. The highest BCUT2D eigenvalue weighted by Crippen LogP contribution is 2.39. The molecule has 0 aliphatic carbocycles. The first-order chi connectivity index (χ1) is 13.4. The molecule has 1 atom stereocenters. The molecular weight excluding hydrogens is 400 g/mol. The van der Waals surface area contributed by atoms with E-state index in [1.807, 2.05) is 0 Å². The summed E-state index contributed by atoms with van der Waals surface area (Å²) in [6.07, 6.45) is 1.87. The van der Waals surface area contributed by atoms with E-state index in [0.717, 1.165) is 23.8 Å². The molecular formula is C20H21ClN2O4S. The van der Waals surface area contributed by atoms with Crippen molar-refractivity contribution in [3.63, 3.8) is 0 Å². The van der Waals surface area contributed by atoms with E-state index in [1.54, 1.807) is 42.2 Å². The van der Waals surface area contributed by atoms with E-state index < -0.39 is 16.1 Å². The number of sulfonamides is 1. The van der Waals surface area contributed by atoms with Crippen LogP contribution in [0.25, 0.3) is 0 Å². The normalized spacial score (nSPS) is 21.5. The van der Waals surface area contributed by atoms with Crippen LogP contribution in [0.2, 0.25) is 5.02 Å². The number of hydrogen-bond acceptors (Lipinski definition) is 4. The van der Waals surface area contributed by atoms with E-state index in [-0.39, 0.29) is 16.5 Å². The Balaban J connectivity index is 1.84. The number of benzene rings is 2. The Bertz CT molecular complexity index is 1020. The molecule has 0 radical (unpaired) electrons. The minimum atomic E-state index is -4.05. The molecule has 2 aliphatic rings. The Morgan fingerprint density at radius 2 is 1.96 bits per heavy atom. The van der Waals surface area contributed by atoms with Crippen molar-refractivity contribution in [3.05, 3.63) is 53.1 Å². The summed E-state index contributed by atoms with van der Waals surface area (Å²) in [5.41, 5.74) is 1.34. The van der Waals surface area contributed by atoms with Crippen LogP contribution < -0.4 is 9.21 Å². The number of carbonyl (C=O) groups excluding carboxylic acids is 1. The van der Waals surface area contributed by atoms with Gasteiger partial charge in [0.05, 0.1) is 18.0 Å². The third-order valence-electron chi connectivity index (χ3n) is 5.16. The maximum atomic E-state index is 13.4. The first-order valence-corrected chi connectivity index (χ1v) is 11.0. The molecule has 0 aromatic heterocycles. The zero-order chi connectivity index (χ0) is 19.9. The van der Waals surface area contributed by atoms with Gasteiger partial charge >= 0.3 is 6.03 Å². The molecule has 2 aromatic carbocycles. The Kier molecular flexibility index (Phi) is 5.07. The van der Waals surface area contributed by atoms with Crippen molar-refractivity contribution in [1.29, 1.82) is 0 Å². The summed E-state index contributed by atoms with van der Waals surface area (Å²) >= 11 is 6.11. The first kappa shape index (κ1) is 19.2. The number of anilines is 2. The summed E-state index contributed by atoms with van der Waals surface area (Å²) in [6.45, 7) is 3.45. The van der Waals surface area contributed by atoms with Gasteiger partial charge in [0.15, 0.2) is 0 Å². The van der Waals surface area contributed by atoms with Gasteiger partial charge in [0.25, 0.3) is 10.0 Å². The van der Waals surface area contributed by atoms with Gasteiger partial charge < -0.3 is 4.74 Å². The van der Waals surface area contributed by atoms with Crippen LogP contribution in [-0.2, 0) is 14.8 Å². The van der Waals surface area contributed by atoms with Crippen LogP contribution in [0, 0.1) is 12.8 Å². The van der Waals surface area contributed by atoms with Crippen LogP contribution in [0.5, 0.6) is 0 Å². The topological polar surface area (TPSA) is 66.9 Å². The number of rotatable bonds is 3. The van der Waals surface area contributed by atoms with Gasteiger partial charge in [-0.15, -0.1) is 0 Å². The van der Waals surface area contributed by atoms with Gasteiger partial charge in [-0.05, 0) is 49.6 Å². The van der Waals surface area contributed by atoms with E-state index >= 15 is 0 Å². The standard InChI is InChI=1S/C20H21ClN2O4S/c1-14-8-9-16(21)11-18(14)23-20(24)22(12-15-5-4-10-27-13-15)17-6-2-3-7-19(17)28(23,25)26/h2-3,6-9,11,15H,4-5,10,12-13H2,1H3. The molecule has 8 heteroatoms. The van der Waals surface area contributed by atoms with E-state index in [9.17, 15) is 13.2 Å². The highest BCUT2D eigenvalue weighted by atomic mass is 35.5. The van der Waals surface area contributed by atoms with Crippen molar-refractivity contribution >= 4 is 39.0 Å². The zero-order valence-corrected chi connectivity index (χ0v) is 17.0. The number of ether oxygens (including phenoxy) is 1. The molecule has 1 fully saturated rings. The van der Waals surface area contributed by atoms with Crippen LogP contribution in [-0.4, -0.2) is 34.2 Å². The van der Waals surface area contributed by atoms with Gasteiger partial charge in [0.2, 0.25) is 0 Å². The maximum absolute atomic E-state index is 13.4. The summed E-state index contributed by atoms with van der Waals surface area (Å²) in [4.78, 5) is 15.1. The average molecular weight is 421 g/mol. The lowest BCUT2D eigenvalue weighted by Gasteiger charge is -2.38. The van der Waals surface area contributed by atoms with Crippen LogP contribution in [0.15, 0.2) is 47.4 Å². The van der Waals surface area contributed by atoms with Gasteiger partial charge in [-0.2, -0.15) is 4.31 Å². The first-order valence-electron chi connectivity index (χ1n) is 9.19. The van der Waals surface area contributed by atoms with Crippen molar-refractivity contribution in [2.75, 3.05) is 29.0 Å². The Morgan fingerprint density at radius 1 is 1.18 bits per heavy atom. The molecule has 148 valence electrons. The minimum absolute atomic E-state index is 0.116. The van der Waals surface area contributed by atoms with Crippen molar-refractivity contribution < 1.29 is 17.9 Å². The maximum Gasteiger partial charge on any atom is 0.343 e. The van der Waals surface area contributed by atoms with E-state index in [0.29, 0.717) is 29.4 Å². The number of amides is 2. The number of carbonyl (C=O) groups is 1. The lowest BCUT2D eigenvalue weighted by Crippen LogP contribution is -2.53. The molecule has 1 unspecified atom stereocenters. The molecule has 1 saturated heterocycles. The van der Waals surface area contributed by atoms with Crippen molar-refractivity contribution in [3.8, 4) is 0 Å². The predicted molar refractivity (Wildman–Crippen MR) is 109 cm³/mol. The Morgan fingerprint density at radius 3 is 2.71 bits per heavy atom. The van der Waals surface area contributed by atoms with Gasteiger partial charge in [-0.1, -0.05) is 29.8 Å². The molecule has 4 rings (SSSR count). The van der Waals surface area contributed by atoms with Gasteiger partial charge in [0.1, 0.15) is 4.90 Å². The largest absolute Gasteiger partial charge is 0.381 e. The molecule has 2 aromatic rings. The molecule has 0 spiro atoms. The van der Waals surface area contributed by atoms with E-state index in [2.05, 4.69) is 0 Å². The molecule has 2 aliphatic heterocycles. The van der Waals surface area contributed by atoms with E-state index in [1.165, 1.54) is 12.1 Å². The summed E-state index contributed by atoms with van der Waals surface area (Å²) in [7, 11) is -4.05. The summed E-state index contributed by atoms with van der Waals surface area (Å²) < 4.78 is 33.1.